The SMILES string of the molecule is CC(C)C1C2C(C[SiH](C)C)CC23C(C)C13. The van der Waals surface area contributed by atoms with Gasteiger partial charge in [0.2, 0.25) is 0 Å². The summed E-state index contributed by atoms with van der Waals surface area (Å²) >= 11 is 0. The molecular weight excluding hydrogens is 196 g/mol. The third kappa shape index (κ3) is 1.04. The summed E-state index contributed by atoms with van der Waals surface area (Å²) in [6.45, 7) is 12.5. The summed E-state index contributed by atoms with van der Waals surface area (Å²) in [5.41, 5.74) is 0.920. The van der Waals surface area contributed by atoms with E-state index >= 15 is 0 Å². The van der Waals surface area contributed by atoms with Crippen molar-refractivity contribution in [1.29, 1.82) is 0 Å². The summed E-state index contributed by atoms with van der Waals surface area (Å²) in [7, 11) is -0.318. The Hall–Kier alpha value is 0.217. The summed E-state index contributed by atoms with van der Waals surface area (Å²) in [4.78, 5) is 0. The quantitative estimate of drug-likeness (QED) is 0.640. The van der Waals surface area contributed by atoms with Crippen molar-refractivity contribution in [3.63, 3.8) is 0 Å². The van der Waals surface area contributed by atoms with Gasteiger partial charge in [-0.3, -0.25) is 0 Å². The van der Waals surface area contributed by atoms with E-state index in [4.69, 9.17) is 0 Å². The van der Waals surface area contributed by atoms with Crippen molar-refractivity contribution in [2.24, 2.45) is 40.9 Å². The molecule has 3 aliphatic rings. The van der Waals surface area contributed by atoms with Crippen LogP contribution in [0.5, 0.6) is 0 Å². The molecule has 0 bridgehead atoms. The predicted molar refractivity (Wildman–Crippen MR) is 68.7 cm³/mol. The first-order chi connectivity index (χ1) is 7.00. The van der Waals surface area contributed by atoms with Gasteiger partial charge in [0.1, 0.15) is 0 Å². The van der Waals surface area contributed by atoms with Gasteiger partial charge in [-0.2, -0.15) is 0 Å². The lowest BCUT2D eigenvalue weighted by molar-refractivity contribution is -0.115. The Bertz CT molecular complexity index is 283. The van der Waals surface area contributed by atoms with Crippen LogP contribution in [0.2, 0.25) is 19.1 Å². The summed E-state index contributed by atoms with van der Waals surface area (Å²) in [6.07, 6.45) is 1.62. The Balaban J connectivity index is 1.71. The van der Waals surface area contributed by atoms with Crippen LogP contribution < -0.4 is 0 Å². The Morgan fingerprint density at radius 1 is 1.27 bits per heavy atom. The molecule has 0 saturated heterocycles. The fourth-order valence-corrected chi connectivity index (χ4v) is 7.34. The number of rotatable bonds is 3. The highest BCUT2D eigenvalue weighted by Crippen LogP contribution is 2.89. The highest BCUT2D eigenvalue weighted by Gasteiger charge is 2.84. The van der Waals surface area contributed by atoms with Gasteiger partial charge in [0.25, 0.3) is 0 Å². The van der Waals surface area contributed by atoms with Gasteiger partial charge >= 0.3 is 0 Å². The predicted octanol–water partition coefficient (Wildman–Crippen LogP) is 3.65. The van der Waals surface area contributed by atoms with Crippen LogP contribution in [0.4, 0.5) is 0 Å². The van der Waals surface area contributed by atoms with Crippen LogP contribution in [0.25, 0.3) is 0 Å². The van der Waals surface area contributed by atoms with Gasteiger partial charge in [-0.15, -0.1) is 0 Å². The van der Waals surface area contributed by atoms with E-state index in [1.807, 2.05) is 0 Å². The average Bonchev–Trinajstić information content (AvgIpc) is 2.61. The summed E-state index contributed by atoms with van der Waals surface area (Å²) < 4.78 is 0. The van der Waals surface area contributed by atoms with E-state index in [1.165, 1.54) is 5.92 Å². The Labute approximate surface area is 96.4 Å². The highest BCUT2D eigenvalue weighted by molar-refractivity contribution is 6.55. The zero-order valence-corrected chi connectivity index (χ0v) is 12.1. The summed E-state index contributed by atoms with van der Waals surface area (Å²) in [5.74, 6) is 6.66. The minimum absolute atomic E-state index is 0.318. The molecule has 3 saturated carbocycles. The maximum atomic E-state index is 2.53. The molecule has 3 fully saturated rings. The van der Waals surface area contributed by atoms with Gasteiger partial charge in [-0.05, 0) is 47.3 Å². The zero-order chi connectivity index (χ0) is 11.0. The van der Waals surface area contributed by atoms with Crippen LogP contribution in [-0.4, -0.2) is 8.80 Å². The normalized spacial score (nSPS) is 55.8. The molecule has 3 aliphatic carbocycles. The lowest BCUT2D eigenvalue weighted by Gasteiger charge is -2.61. The van der Waals surface area contributed by atoms with Crippen molar-refractivity contribution in [2.75, 3.05) is 0 Å². The van der Waals surface area contributed by atoms with Crippen molar-refractivity contribution < 1.29 is 0 Å². The van der Waals surface area contributed by atoms with E-state index in [-0.39, 0.29) is 8.80 Å². The van der Waals surface area contributed by atoms with E-state index in [9.17, 15) is 0 Å². The zero-order valence-electron chi connectivity index (χ0n) is 11.0. The third-order valence-electron chi connectivity index (χ3n) is 6.02. The lowest BCUT2D eigenvalue weighted by Crippen LogP contribution is -2.55. The fourth-order valence-electron chi connectivity index (χ4n) is 5.67. The van der Waals surface area contributed by atoms with Crippen LogP contribution in [0.3, 0.4) is 0 Å². The van der Waals surface area contributed by atoms with Crippen LogP contribution in [0.15, 0.2) is 0 Å². The highest BCUT2D eigenvalue weighted by atomic mass is 28.3. The molecule has 0 radical (unpaired) electrons. The third-order valence-corrected chi connectivity index (χ3v) is 7.56. The Kier molecular flexibility index (Phi) is 2.01. The van der Waals surface area contributed by atoms with Gasteiger partial charge in [0.05, 0.1) is 0 Å². The van der Waals surface area contributed by atoms with Crippen LogP contribution in [-0.2, 0) is 0 Å². The van der Waals surface area contributed by atoms with Gasteiger partial charge in [0, 0.05) is 8.80 Å². The minimum Gasteiger partial charge on any atom is -0.0722 e. The first-order valence-electron chi connectivity index (χ1n) is 7.00. The van der Waals surface area contributed by atoms with E-state index < -0.39 is 0 Å². The second-order valence-electron chi connectivity index (χ2n) is 7.37. The maximum absolute atomic E-state index is 2.53. The largest absolute Gasteiger partial charge is 0.0722 e. The van der Waals surface area contributed by atoms with Gasteiger partial charge in [0.15, 0.2) is 0 Å². The fraction of sp³-hybridized carbons (Fsp3) is 1.00. The average molecular weight is 222 g/mol. The Morgan fingerprint density at radius 3 is 2.47 bits per heavy atom. The van der Waals surface area contributed by atoms with Crippen molar-refractivity contribution in [3.8, 4) is 0 Å². The molecule has 0 aromatic rings. The van der Waals surface area contributed by atoms with Crippen molar-refractivity contribution in [3.05, 3.63) is 0 Å². The molecule has 6 atom stereocenters. The van der Waals surface area contributed by atoms with Gasteiger partial charge < -0.3 is 0 Å². The molecule has 15 heavy (non-hydrogen) atoms. The van der Waals surface area contributed by atoms with Crippen LogP contribution in [0, 0.1) is 40.9 Å². The second kappa shape index (κ2) is 2.91. The number of hydrogen-bond acceptors (Lipinski definition) is 0. The molecule has 86 valence electrons. The van der Waals surface area contributed by atoms with Crippen LogP contribution >= 0.6 is 0 Å². The molecule has 0 aromatic heterocycles. The second-order valence-corrected chi connectivity index (χ2v) is 10.6. The molecule has 0 aliphatic heterocycles. The van der Waals surface area contributed by atoms with Crippen LogP contribution in [0.1, 0.15) is 27.2 Å². The molecule has 6 unspecified atom stereocenters. The molecule has 0 nitrogen and oxygen atoms in total. The minimum atomic E-state index is -0.318. The molecule has 1 heteroatoms. The lowest BCUT2D eigenvalue weighted by atomic mass is 9.45. The first-order valence-corrected chi connectivity index (χ1v) is 10.1. The van der Waals surface area contributed by atoms with Gasteiger partial charge in [-0.25, -0.2) is 0 Å². The molecule has 1 spiro atoms. The molecule has 0 amide bonds. The van der Waals surface area contributed by atoms with E-state index in [0.29, 0.717) is 0 Å². The summed E-state index contributed by atoms with van der Waals surface area (Å²) in [5, 5.41) is 0. The van der Waals surface area contributed by atoms with Crippen molar-refractivity contribution >= 4 is 8.80 Å². The van der Waals surface area contributed by atoms with E-state index in [1.54, 1.807) is 12.5 Å². The van der Waals surface area contributed by atoms with E-state index in [0.717, 1.165) is 35.0 Å². The maximum Gasteiger partial charge on any atom is 0.0308 e. The topological polar surface area (TPSA) is 0 Å². The molecular formula is C14H26Si. The first kappa shape index (κ1) is 10.4. The van der Waals surface area contributed by atoms with Crippen molar-refractivity contribution in [2.45, 2.75) is 46.3 Å². The van der Waals surface area contributed by atoms with E-state index in [2.05, 4.69) is 33.9 Å². The van der Waals surface area contributed by atoms with Gasteiger partial charge in [-0.1, -0.05) is 39.9 Å². The standard InChI is InChI=1S/C14H26Si/c1-8(2)11-12-9(3)14(12)6-10(13(11)14)7-15(4)5/h8-13,15H,6-7H2,1-5H3. The molecule has 0 aromatic carbocycles. The monoisotopic (exact) mass is 222 g/mol. The van der Waals surface area contributed by atoms with Crippen molar-refractivity contribution in [1.82, 2.24) is 0 Å². The Morgan fingerprint density at radius 2 is 1.93 bits per heavy atom. The number of hydrogen-bond donors (Lipinski definition) is 0. The molecule has 0 N–H and O–H groups in total. The summed E-state index contributed by atoms with van der Waals surface area (Å²) in [6, 6.07) is 1.63. The molecule has 0 heterocycles. The smallest absolute Gasteiger partial charge is 0.0308 e. The molecule has 3 rings (SSSR count).